The van der Waals surface area contributed by atoms with Crippen LogP contribution in [0.1, 0.15) is 34.0 Å². The third kappa shape index (κ3) is 6.63. The fraction of sp³-hybridized carbons (Fsp3) is 0.300. The minimum atomic E-state index is -4.93. The molecule has 11 heteroatoms. The summed E-state index contributed by atoms with van der Waals surface area (Å²) in [5.74, 6) is -1.53. The Hall–Kier alpha value is -3.24. The zero-order valence-electron chi connectivity index (χ0n) is 16.3. The van der Waals surface area contributed by atoms with Crippen molar-refractivity contribution < 1.29 is 45.4 Å². The monoisotopic (exact) mass is 449 g/mol. The van der Waals surface area contributed by atoms with E-state index in [1.165, 1.54) is 18.2 Å². The summed E-state index contributed by atoms with van der Waals surface area (Å²) in [5, 5.41) is 2.80. The molecule has 0 aromatic heterocycles. The number of benzene rings is 2. The van der Waals surface area contributed by atoms with Crippen LogP contribution in [0.15, 0.2) is 36.4 Å². The van der Waals surface area contributed by atoms with E-state index < -0.39 is 35.4 Å². The Morgan fingerprint density at radius 2 is 1.52 bits per heavy atom. The number of esters is 2. The van der Waals surface area contributed by atoms with Crippen molar-refractivity contribution in [2.45, 2.75) is 25.7 Å². The molecule has 2 aromatic rings. The lowest BCUT2D eigenvalue weighted by Crippen LogP contribution is -2.13. The van der Waals surface area contributed by atoms with Gasteiger partial charge in [-0.05, 0) is 48.4 Å². The maximum Gasteiger partial charge on any atom is 0.416 e. The van der Waals surface area contributed by atoms with Crippen LogP contribution < -0.4 is 10.1 Å². The first-order chi connectivity index (χ1) is 14.3. The van der Waals surface area contributed by atoms with Gasteiger partial charge in [0, 0.05) is 19.2 Å². The first-order valence-electron chi connectivity index (χ1n) is 8.74. The Bertz CT molecular complexity index is 937. The highest BCUT2D eigenvalue weighted by Gasteiger charge is 2.36. The molecule has 0 heterocycles. The number of anilines is 1. The summed E-state index contributed by atoms with van der Waals surface area (Å²) in [6.07, 6.45) is -10.0. The Morgan fingerprint density at radius 3 is 2.00 bits per heavy atom. The van der Waals surface area contributed by atoms with E-state index >= 15 is 0 Å². The Balaban J connectivity index is 2.21. The number of hydrogen-bond acceptors (Lipinski definition) is 5. The van der Waals surface area contributed by atoms with Gasteiger partial charge < -0.3 is 14.8 Å². The van der Waals surface area contributed by atoms with Crippen molar-refractivity contribution in [1.82, 2.24) is 0 Å². The van der Waals surface area contributed by atoms with Gasteiger partial charge in [0.2, 0.25) is 0 Å². The van der Waals surface area contributed by atoms with Gasteiger partial charge in [-0.25, -0.2) is 4.79 Å². The molecular weight excluding hydrogens is 432 g/mol. The lowest BCUT2D eigenvalue weighted by atomic mass is 10.0. The average molecular weight is 449 g/mol. The van der Waals surface area contributed by atoms with Gasteiger partial charge in [0.15, 0.2) is 0 Å². The van der Waals surface area contributed by atoms with Crippen LogP contribution >= 0.6 is 0 Å². The topological polar surface area (TPSA) is 64.6 Å². The Kier molecular flexibility index (Phi) is 7.19. The fourth-order valence-electron chi connectivity index (χ4n) is 2.67. The highest BCUT2D eigenvalue weighted by Crippen LogP contribution is 2.36. The molecule has 0 aliphatic heterocycles. The SMILES string of the molecule is COC(=O)c1cc(NCCc2cc(C(F)(F)F)cc(C(F)(F)F)c2)ccc1OC(C)=O. The first-order valence-corrected chi connectivity index (χ1v) is 8.74. The minimum Gasteiger partial charge on any atom is -0.465 e. The van der Waals surface area contributed by atoms with E-state index in [1.807, 2.05) is 0 Å². The number of carbonyl (C=O) groups excluding carboxylic acids is 2. The summed E-state index contributed by atoms with van der Waals surface area (Å²) in [6.45, 7) is 1.10. The van der Waals surface area contributed by atoms with Crippen molar-refractivity contribution in [3.63, 3.8) is 0 Å². The molecule has 0 radical (unpaired) electrons. The maximum absolute atomic E-state index is 12.9. The quantitative estimate of drug-likeness (QED) is 0.378. The van der Waals surface area contributed by atoms with Gasteiger partial charge in [-0.1, -0.05) is 0 Å². The molecule has 0 amide bonds. The van der Waals surface area contributed by atoms with Crippen molar-refractivity contribution in [1.29, 1.82) is 0 Å². The maximum atomic E-state index is 12.9. The third-order valence-corrected chi connectivity index (χ3v) is 4.03. The Morgan fingerprint density at radius 1 is 0.935 bits per heavy atom. The molecule has 2 aromatic carbocycles. The normalized spacial score (nSPS) is 11.7. The molecule has 0 saturated carbocycles. The zero-order valence-corrected chi connectivity index (χ0v) is 16.3. The number of methoxy groups -OCH3 is 1. The largest absolute Gasteiger partial charge is 0.465 e. The molecule has 2 rings (SSSR count). The van der Waals surface area contributed by atoms with Crippen LogP contribution in [0.3, 0.4) is 0 Å². The minimum absolute atomic E-state index is 0.0356. The van der Waals surface area contributed by atoms with Crippen LogP contribution in [-0.4, -0.2) is 25.6 Å². The van der Waals surface area contributed by atoms with Crippen molar-refractivity contribution in [2.75, 3.05) is 19.0 Å². The Labute approximate surface area is 173 Å². The summed E-state index contributed by atoms with van der Waals surface area (Å²) in [6, 6.07) is 5.39. The number of nitrogens with one attached hydrogen (secondary N) is 1. The van der Waals surface area contributed by atoms with E-state index in [4.69, 9.17) is 4.74 Å². The van der Waals surface area contributed by atoms with Gasteiger partial charge in [0.1, 0.15) is 11.3 Å². The second kappa shape index (κ2) is 9.27. The number of ether oxygens (including phenoxy) is 2. The standard InChI is InChI=1S/C20H17F6NO4/c1-11(28)31-17-4-3-15(10-16(17)18(29)30-2)27-6-5-12-7-13(19(21,22)23)9-14(8-12)20(24,25)26/h3-4,7-10,27H,5-6H2,1-2H3. The summed E-state index contributed by atoms with van der Waals surface area (Å²) in [7, 11) is 1.12. The number of carbonyl (C=O) groups is 2. The molecule has 168 valence electrons. The number of alkyl halides is 6. The van der Waals surface area contributed by atoms with Crippen LogP contribution in [0, 0.1) is 0 Å². The van der Waals surface area contributed by atoms with Crippen molar-refractivity contribution in [2.24, 2.45) is 0 Å². The van der Waals surface area contributed by atoms with E-state index in [1.54, 1.807) is 0 Å². The van der Waals surface area contributed by atoms with Crippen LogP contribution in [0.4, 0.5) is 32.0 Å². The van der Waals surface area contributed by atoms with E-state index in [0.29, 0.717) is 17.8 Å². The molecule has 31 heavy (non-hydrogen) atoms. The van der Waals surface area contributed by atoms with Crippen LogP contribution in [-0.2, 0) is 28.3 Å². The molecule has 0 unspecified atom stereocenters. The van der Waals surface area contributed by atoms with Gasteiger partial charge >= 0.3 is 24.3 Å². The summed E-state index contributed by atoms with van der Waals surface area (Å²) >= 11 is 0. The summed E-state index contributed by atoms with van der Waals surface area (Å²) < 4.78 is 87.2. The van der Waals surface area contributed by atoms with Crippen LogP contribution in [0.25, 0.3) is 0 Å². The lowest BCUT2D eigenvalue weighted by molar-refractivity contribution is -0.143. The van der Waals surface area contributed by atoms with Gasteiger partial charge in [-0.15, -0.1) is 0 Å². The fourth-order valence-corrected chi connectivity index (χ4v) is 2.67. The molecule has 0 aliphatic carbocycles. The van der Waals surface area contributed by atoms with Gasteiger partial charge in [0.05, 0.1) is 18.2 Å². The molecule has 0 atom stereocenters. The smallest absolute Gasteiger partial charge is 0.416 e. The van der Waals surface area contributed by atoms with Crippen LogP contribution in [0.5, 0.6) is 5.75 Å². The molecular formula is C20H17F6NO4. The number of rotatable bonds is 6. The molecule has 0 bridgehead atoms. The van der Waals surface area contributed by atoms with Gasteiger partial charge in [-0.2, -0.15) is 26.3 Å². The van der Waals surface area contributed by atoms with Crippen molar-refractivity contribution in [3.8, 4) is 5.75 Å². The number of hydrogen-bond donors (Lipinski definition) is 1. The first kappa shape index (κ1) is 24.0. The summed E-state index contributed by atoms with van der Waals surface area (Å²) in [4.78, 5) is 23.0. The number of halogens is 6. The van der Waals surface area contributed by atoms with E-state index in [2.05, 4.69) is 10.1 Å². The predicted molar refractivity (Wildman–Crippen MR) is 97.7 cm³/mol. The second-order valence-corrected chi connectivity index (χ2v) is 6.39. The molecule has 0 saturated heterocycles. The second-order valence-electron chi connectivity index (χ2n) is 6.39. The van der Waals surface area contributed by atoms with Crippen molar-refractivity contribution >= 4 is 17.6 Å². The van der Waals surface area contributed by atoms with E-state index in [-0.39, 0.29) is 35.9 Å². The highest BCUT2D eigenvalue weighted by molar-refractivity contribution is 5.94. The van der Waals surface area contributed by atoms with Gasteiger partial charge in [-0.3, -0.25) is 4.79 Å². The predicted octanol–water partition coefficient (Wildman–Crippen LogP) is 5.09. The third-order valence-electron chi connectivity index (χ3n) is 4.03. The molecule has 0 aliphatic rings. The zero-order chi connectivity index (χ0) is 23.4. The van der Waals surface area contributed by atoms with E-state index in [0.717, 1.165) is 14.0 Å². The molecule has 1 N–H and O–H groups in total. The molecule has 0 fully saturated rings. The van der Waals surface area contributed by atoms with Crippen molar-refractivity contribution in [3.05, 3.63) is 58.7 Å². The molecule has 5 nitrogen and oxygen atoms in total. The molecule has 0 spiro atoms. The van der Waals surface area contributed by atoms with Crippen LogP contribution in [0.2, 0.25) is 0 Å². The van der Waals surface area contributed by atoms with Gasteiger partial charge in [0.25, 0.3) is 0 Å². The highest BCUT2D eigenvalue weighted by atomic mass is 19.4. The lowest BCUT2D eigenvalue weighted by Gasteiger charge is -2.15. The average Bonchev–Trinajstić information content (AvgIpc) is 2.66. The summed E-state index contributed by atoms with van der Waals surface area (Å²) in [5.41, 5.74) is -2.72. The van der Waals surface area contributed by atoms with E-state index in [9.17, 15) is 35.9 Å².